The van der Waals surface area contributed by atoms with E-state index in [1.165, 1.54) is 6.07 Å². The molecule has 0 bridgehead atoms. The number of ether oxygens (including phenoxy) is 2. The van der Waals surface area contributed by atoms with Crippen LogP contribution in [0.3, 0.4) is 0 Å². The lowest BCUT2D eigenvalue weighted by Crippen LogP contribution is -2.13. The fraction of sp³-hybridized carbons (Fsp3) is 0.300. The van der Waals surface area contributed by atoms with Gasteiger partial charge in [-0.1, -0.05) is 0 Å². The van der Waals surface area contributed by atoms with Crippen molar-refractivity contribution in [3.05, 3.63) is 29.1 Å². The zero-order valence-corrected chi connectivity index (χ0v) is 7.83. The van der Waals surface area contributed by atoms with Gasteiger partial charge in [0.1, 0.15) is 0 Å². The third kappa shape index (κ3) is 2.07. The Morgan fingerprint density at radius 3 is 3.07 bits per heavy atom. The smallest absolute Gasteiger partial charge is 0.307 e. The second-order valence-corrected chi connectivity index (χ2v) is 3.25. The van der Waals surface area contributed by atoms with Gasteiger partial charge in [0.25, 0.3) is 0 Å². The summed E-state index contributed by atoms with van der Waals surface area (Å²) in [7, 11) is 0. The van der Waals surface area contributed by atoms with Gasteiger partial charge in [-0.15, -0.1) is 0 Å². The molecule has 2 rings (SSSR count). The molecule has 0 unspecified atom stereocenters. The van der Waals surface area contributed by atoms with E-state index >= 15 is 0 Å². The number of rotatable bonds is 2. The molecular weight excluding hydrogens is 203 g/mol. The second kappa shape index (κ2) is 3.86. The zero-order chi connectivity index (χ0) is 10.8. The molecule has 1 aliphatic rings. The van der Waals surface area contributed by atoms with Crippen molar-refractivity contribution in [1.82, 2.24) is 0 Å². The monoisotopic (exact) mass is 212 g/mol. The predicted octanol–water partition coefficient (Wildman–Crippen LogP) is 1.32. The molecule has 1 heterocycles. The Labute approximate surface area is 85.2 Å². The van der Waals surface area contributed by atoms with Crippen molar-refractivity contribution < 1.29 is 23.8 Å². The third-order valence-corrected chi connectivity index (χ3v) is 2.08. The molecule has 80 valence electrons. The van der Waals surface area contributed by atoms with Crippen molar-refractivity contribution in [1.29, 1.82) is 0 Å². The number of carbonyl (C=O) groups is 1. The Morgan fingerprint density at radius 2 is 2.33 bits per heavy atom. The van der Waals surface area contributed by atoms with E-state index < -0.39 is 11.8 Å². The van der Waals surface area contributed by atoms with Crippen LogP contribution in [0, 0.1) is 5.82 Å². The van der Waals surface area contributed by atoms with Gasteiger partial charge in [0.2, 0.25) is 0 Å². The van der Waals surface area contributed by atoms with Crippen molar-refractivity contribution in [3.8, 4) is 5.75 Å². The van der Waals surface area contributed by atoms with Gasteiger partial charge in [0.15, 0.2) is 18.4 Å². The first-order valence-electron chi connectivity index (χ1n) is 4.40. The van der Waals surface area contributed by atoms with E-state index in [1.807, 2.05) is 0 Å². The largest absolute Gasteiger partial charge is 0.481 e. The molecule has 1 aromatic rings. The average molecular weight is 212 g/mol. The lowest BCUT2D eigenvalue weighted by Gasteiger charge is -2.18. The van der Waals surface area contributed by atoms with Crippen LogP contribution in [0.2, 0.25) is 0 Å². The standard InChI is InChI=1S/C10H9FO4/c11-8-2-6(3-9(12)13)1-7-4-14-5-15-10(7)8/h1-2H,3-5H2,(H,12,13). The fourth-order valence-corrected chi connectivity index (χ4v) is 1.51. The van der Waals surface area contributed by atoms with E-state index in [9.17, 15) is 9.18 Å². The van der Waals surface area contributed by atoms with Crippen LogP contribution in [0.15, 0.2) is 12.1 Å². The summed E-state index contributed by atoms with van der Waals surface area (Å²) in [5.74, 6) is -1.37. The number of hydrogen-bond acceptors (Lipinski definition) is 3. The highest BCUT2D eigenvalue weighted by molar-refractivity contribution is 5.70. The molecule has 0 radical (unpaired) electrons. The molecule has 4 nitrogen and oxygen atoms in total. The van der Waals surface area contributed by atoms with Crippen LogP contribution in [-0.4, -0.2) is 17.9 Å². The molecule has 15 heavy (non-hydrogen) atoms. The number of carboxylic acids is 1. The van der Waals surface area contributed by atoms with E-state index in [1.54, 1.807) is 6.07 Å². The number of aliphatic carboxylic acids is 1. The maximum atomic E-state index is 13.4. The predicted molar refractivity (Wildman–Crippen MR) is 48.0 cm³/mol. The molecular formula is C10H9FO4. The van der Waals surface area contributed by atoms with E-state index in [0.29, 0.717) is 11.1 Å². The van der Waals surface area contributed by atoms with E-state index in [-0.39, 0.29) is 25.6 Å². The van der Waals surface area contributed by atoms with E-state index in [4.69, 9.17) is 14.6 Å². The Kier molecular flexibility index (Phi) is 2.55. The summed E-state index contributed by atoms with van der Waals surface area (Å²) in [6, 6.07) is 2.77. The normalized spacial score (nSPS) is 14.2. The Morgan fingerprint density at radius 1 is 1.53 bits per heavy atom. The van der Waals surface area contributed by atoms with Crippen molar-refractivity contribution in [3.63, 3.8) is 0 Å². The molecule has 1 N–H and O–H groups in total. The minimum Gasteiger partial charge on any atom is -0.481 e. The lowest BCUT2D eigenvalue weighted by atomic mass is 10.1. The van der Waals surface area contributed by atoms with Gasteiger partial charge >= 0.3 is 5.97 Å². The maximum absolute atomic E-state index is 13.4. The van der Waals surface area contributed by atoms with Gasteiger partial charge in [-0.2, -0.15) is 0 Å². The van der Waals surface area contributed by atoms with Crippen LogP contribution >= 0.6 is 0 Å². The zero-order valence-electron chi connectivity index (χ0n) is 7.83. The Balaban J connectivity index is 2.36. The van der Waals surface area contributed by atoms with Crippen molar-refractivity contribution in [2.45, 2.75) is 13.0 Å². The van der Waals surface area contributed by atoms with E-state index in [2.05, 4.69) is 0 Å². The molecule has 0 aliphatic carbocycles. The number of halogens is 1. The number of benzene rings is 1. The molecule has 0 amide bonds. The molecule has 0 aromatic heterocycles. The molecule has 1 aromatic carbocycles. The first-order chi connectivity index (χ1) is 7.16. The average Bonchev–Trinajstić information content (AvgIpc) is 2.16. The molecule has 0 spiro atoms. The van der Waals surface area contributed by atoms with Crippen LogP contribution in [0.1, 0.15) is 11.1 Å². The molecule has 0 fully saturated rings. The van der Waals surface area contributed by atoms with Gasteiger partial charge in [-0.3, -0.25) is 4.79 Å². The van der Waals surface area contributed by atoms with Crippen molar-refractivity contribution in [2.75, 3.05) is 6.79 Å². The van der Waals surface area contributed by atoms with Crippen LogP contribution in [0.4, 0.5) is 4.39 Å². The molecule has 5 heteroatoms. The summed E-state index contributed by atoms with van der Waals surface area (Å²) in [4.78, 5) is 10.5. The minimum atomic E-state index is -0.994. The highest BCUT2D eigenvalue weighted by Gasteiger charge is 2.17. The van der Waals surface area contributed by atoms with Crippen LogP contribution in [-0.2, 0) is 22.6 Å². The molecule has 0 saturated heterocycles. The van der Waals surface area contributed by atoms with Gasteiger partial charge in [0, 0.05) is 5.56 Å². The van der Waals surface area contributed by atoms with E-state index in [0.717, 1.165) is 0 Å². The van der Waals surface area contributed by atoms with Gasteiger partial charge < -0.3 is 14.6 Å². The summed E-state index contributed by atoms with van der Waals surface area (Å²) in [5.41, 5.74) is 0.963. The highest BCUT2D eigenvalue weighted by atomic mass is 19.1. The van der Waals surface area contributed by atoms with Crippen LogP contribution in [0.25, 0.3) is 0 Å². The summed E-state index contributed by atoms with van der Waals surface area (Å²) in [6.07, 6.45) is -0.204. The number of hydrogen-bond donors (Lipinski definition) is 1. The Bertz CT molecular complexity index is 403. The fourth-order valence-electron chi connectivity index (χ4n) is 1.51. The summed E-state index contributed by atoms with van der Waals surface area (Å²) in [6.45, 7) is 0.280. The topological polar surface area (TPSA) is 55.8 Å². The molecule has 1 aliphatic heterocycles. The summed E-state index contributed by atoms with van der Waals surface area (Å²) >= 11 is 0. The minimum absolute atomic E-state index is 0.0300. The number of fused-ring (bicyclic) bond motifs is 1. The molecule has 0 saturated carbocycles. The quantitative estimate of drug-likeness (QED) is 0.803. The van der Waals surface area contributed by atoms with Gasteiger partial charge in [-0.05, 0) is 17.7 Å². The Hall–Kier alpha value is -1.62. The molecule has 0 atom stereocenters. The SMILES string of the molecule is O=C(O)Cc1cc(F)c2c(c1)COCO2. The van der Waals surface area contributed by atoms with Crippen molar-refractivity contribution >= 4 is 5.97 Å². The summed E-state index contributed by atoms with van der Waals surface area (Å²) < 4.78 is 23.4. The lowest BCUT2D eigenvalue weighted by molar-refractivity contribution is -0.136. The van der Waals surface area contributed by atoms with Crippen LogP contribution < -0.4 is 4.74 Å². The first-order valence-corrected chi connectivity index (χ1v) is 4.40. The third-order valence-electron chi connectivity index (χ3n) is 2.08. The first kappa shape index (κ1) is 9.92. The van der Waals surface area contributed by atoms with Crippen LogP contribution in [0.5, 0.6) is 5.75 Å². The second-order valence-electron chi connectivity index (χ2n) is 3.25. The maximum Gasteiger partial charge on any atom is 0.307 e. The number of carboxylic acid groups (broad SMARTS) is 1. The highest BCUT2D eigenvalue weighted by Crippen LogP contribution is 2.28. The van der Waals surface area contributed by atoms with Crippen molar-refractivity contribution in [2.24, 2.45) is 0 Å². The van der Waals surface area contributed by atoms with Gasteiger partial charge in [-0.25, -0.2) is 4.39 Å². The summed E-state index contributed by atoms with van der Waals surface area (Å²) in [5, 5.41) is 8.58. The van der Waals surface area contributed by atoms with Gasteiger partial charge in [0.05, 0.1) is 13.0 Å².